The van der Waals surface area contributed by atoms with E-state index >= 15 is 0 Å². The Morgan fingerprint density at radius 1 is 0.871 bits per heavy atom. The number of amides is 2. The van der Waals surface area contributed by atoms with Crippen molar-refractivity contribution in [1.29, 1.82) is 0 Å². The maximum absolute atomic E-state index is 13.5. The lowest BCUT2D eigenvalue weighted by Gasteiger charge is -2.21. The first-order valence-electron chi connectivity index (χ1n) is 9.70. The Bertz CT molecular complexity index is 1080. The summed E-state index contributed by atoms with van der Waals surface area (Å²) in [5.41, 5.74) is 1.49. The lowest BCUT2D eigenvalue weighted by atomic mass is 10.0. The van der Waals surface area contributed by atoms with Gasteiger partial charge < -0.3 is 10.6 Å². The van der Waals surface area contributed by atoms with Gasteiger partial charge in [0, 0.05) is 0 Å². The third-order valence-corrected chi connectivity index (χ3v) is 5.17. The highest BCUT2D eigenvalue weighted by Crippen LogP contribution is 2.21. The molecule has 0 heterocycles. The molecule has 0 fully saturated rings. The lowest BCUT2D eigenvalue weighted by molar-refractivity contribution is -0.122. The molecule has 0 aliphatic carbocycles. The molecule has 0 spiro atoms. The van der Waals surface area contributed by atoms with Crippen LogP contribution in [0.3, 0.4) is 0 Å². The van der Waals surface area contributed by atoms with Crippen LogP contribution in [0.15, 0.2) is 72.8 Å². The summed E-state index contributed by atoms with van der Waals surface area (Å²) in [5, 5.41) is 5.93. The third-order valence-electron chi connectivity index (χ3n) is 4.84. The van der Waals surface area contributed by atoms with Gasteiger partial charge in [-0.15, -0.1) is 0 Å². The Hall–Kier alpha value is -3.25. The van der Waals surface area contributed by atoms with Crippen molar-refractivity contribution < 1.29 is 18.4 Å². The van der Waals surface area contributed by atoms with Crippen LogP contribution in [0, 0.1) is 11.6 Å². The van der Waals surface area contributed by atoms with E-state index < -0.39 is 29.6 Å². The Morgan fingerprint density at radius 2 is 1.55 bits per heavy atom. The summed E-state index contributed by atoms with van der Waals surface area (Å²) in [6.07, 6.45) is -0.0474. The molecule has 2 amide bonds. The molecule has 0 saturated carbocycles. The predicted molar refractivity (Wildman–Crippen MR) is 116 cm³/mol. The molecule has 3 aromatic rings. The molecule has 0 bridgehead atoms. The van der Waals surface area contributed by atoms with E-state index in [0.29, 0.717) is 16.1 Å². The first-order chi connectivity index (χ1) is 14.8. The molecular formula is C24H21ClF2N2O2. The van der Waals surface area contributed by atoms with E-state index in [1.54, 1.807) is 31.2 Å². The van der Waals surface area contributed by atoms with Gasteiger partial charge in [-0.1, -0.05) is 60.1 Å². The highest BCUT2D eigenvalue weighted by molar-refractivity contribution is 6.33. The van der Waals surface area contributed by atoms with E-state index in [2.05, 4.69) is 10.6 Å². The van der Waals surface area contributed by atoms with Gasteiger partial charge in [0.05, 0.1) is 29.1 Å². The van der Waals surface area contributed by atoms with Crippen LogP contribution in [0.25, 0.3) is 0 Å². The van der Waals surface area contributed by atoms with Crippen LogP contribution in [-0.2, 0) is 4.79 Å². The van der Waals surface area contributed by atoms with Gasteiger partial charge in [-0.05, 0) is 42.3 Å². The Kier molecular flexibility index (Phi) is 7.36. The molecule has 2 atom stereocenters. The highest BCUT2D eigenvalue weighted by Gasteiger charge is 2.21. The summed E-state index contributed by atoms with van der Waals surface area (Å²) in [6.45, 7) is 1.67. The number of hydrogen-bond donors (Lipinski definition) is 2. The molecule has 0 aromatic heterocycles. The summed E-state index contributed by atoms with van der Waals surface area (Å²) in [7, 11) is 0. The first-order valence-corrected chi connectivity index (χ1v) is 10.1. The molecule has 2 unspecified atom stereocenters. The molecule has 3 aromatic carbocycles. The predicted octanol–water partition coefficient (Wildman–Crippen LogP) is 5.36. The van der Waals surface area contributed by atoms with Gasteiger partial charge >= 0.3 is 0 Å². The number of carbonyl (C=O) groups is 2. The number of rotatable bonds is 7. The minimum Gasteiger partial charge on any atom is -0.350 e. The van der Waals surface area contributed by atoms with Crippen LogP contribution in [-0.4, -0.2) is 11.8 Å². The van der Waals surface area contributed by atoms with Crippen molar-refractivity contribution in [2.24, 2.45) is 0 Å². The zero-order valence-corrected chi connectivity index (χ0v) is 17.5. The smallest absolute Gasteiger partial charge is 0.253 e. The fraction of sp³-hybridized carbons (Fsp3) is 0.167. The van der Waals surface area contributed by atoms with E-state index in [4.69, 9.17) is 11.6 Å². The Labute approximate surface area is 184 Å². The number of hydrogen-bond acceptors (Lipinski definition) is 2. The molecule has 0 radical (unpaired) electrons. The minimum absolute atomic E-state index is 0.0474. The minimum atomic E-state index is -0.979. The second-order valence-corrected chi connectivity index (χ2v) is 7.49. The number of nitrogens with one attached hydrogen (secondary N) is 2. The zero-order valence-electron chi connectivity index (χ0n) is 16.7. The van der Waals surface area contributed by atoms with Gasteiger partial charge in [-0.3, -0.25) is 9.59 Å². The zero-order chi connectivity index (χ0) is 22.4. The van der Waals surface area contributed by atoms with Crippen LogP contribution >= 0.6 is 11.6 Å². The summed E-state index contributed by atoms with van der Waals surface area (Å²) in [6, 6.07) is 18.0. The lowest BCUT2D eigenvalue weighted by Crippen LogP contribution is -2.34. The van der Waals surface area contributed by atoms with E-state index in [-0.39, 0.29) is 12.3 Å². The van der Waals surface area contributed by atoms with Gasteiger partial charge in [-0.25, -0.2) is 8.78 Å². The van der Waals surface area contributed by atoms with E-state index in [0.717, 1.165) is 17.7 Å². The molecule has 160 valence electrons. The molecule has 0 aliphatic rings. The summed E-state index contributed by atoms with van der Waals surface area (Å²) in [5.74, 6) is -2.69. The van der Waals surface area contributed by atoms with Gasteiger partial charge in [-0.2, -0.15) is 0 Å². The van der Waals surface area contributed by atoms with Gasteiger partial charge in [0.15, 0.2) is 11.6 Å². The quantitative estimate of drug-likeness (QED) is 0.517. The molecule has 3 rings (SSSR count). The maximum atomic E-state index is 13.5. The van der Waals surface area contributed by atoms with E-state index in [1.165, 1.54) is 6.07 Å². The van der Waals surface area contributed by atoms with E-state index in [9.17, 15) is 18.4 Å². The SMILES string of the molecule is CC(NC(=O)CC(NC(=O)c1ccccc1Cl)c1ccccc1)c1ccc(F)c(F)c1. The van der Waals surface area contributed by atoms with Gasteiger partial charge in [0.2, 0.25) is 5.91 Å². The average molecular weight is 443 g/mol. The number of benzene rings is 3. The van der Waals surface area contributed by atoms with Crippen molar-refractivity contribution in [3.63, 3.8) is 0 Å². The van der Waals surface area contributed by atoms with Crippen LogP contribution in [0.2, 0.25) is 5.02 Å². The van der Waals surface area contributed by atoms with Crippen molar-refractivity contribution >= 4 is 23.4 Å². The van der Waals surface area contributed by atoms with E-state index in [1.807, 2.05) is 30.3 Å². The Balaban J connectivity index is 1.74. The molecule has 0 saturated heterocycles. The molecule has 7 heteroatoms. The summed E-state index contributed by atoms with van der Waals surface area (Å²) in [4.78, 5) is 25.4. The standard InChI is InChI=1S/C24H21ClF2N2O2/c1-15(17-11-12-20(26)21(27)13-17)28-23(30)14-22(16-7-3-2-4-8-16)29-24(31)18-9-5-6-10-19(18)25/h2-13,15,22H,14H2,1H3,(H,28,30)(H,29,31). The normalized spacial score (nSPS) is 12.6. The number of carbonyl (C=O) groups excluding carboxylic acids is 2. The monoisotopic (exact) mass is 442 g/mol. The van der Waals surface area contributed by atoms with Crippen molar-refractivity contribution in [2.45, 2.75) is 25.4 Å². The fourth-order valence-electron chi connectivity index (χ4n) is 3.17. The largest absolute Gasteiger partial charge is 0.350 e. The molecule has 31 heavy (non-hydrogen) atoms. The van der Waals surface area contributed by atoms with Crippen LogP contribution in [0.5, 0.6) is 0 Å². The molecular weight excluding hydrogens is 422 g/mol. The van der Waals surface area contributed by atoms with Gasteiger partial charge in [0.1, 0.15) is 0 Å². The average Bonchev–Trinajstić information content (AvgIpc) is 2.76. The second-order valence-electron chi connectivity index (χ2n) is 7.08. The fourth-order valence-corrected chi connectivity index (χ4v) is 3.39. The van der Waals surface area contributed by atoms with Crippen LogP contribution in [0.1, 0.15) is 46.9 Å². The van der Waals surface area contributed by atoms with Crippen molar-refractivity contribution in [3.05, 3.63) is 106 Å². The highest BCUT2D eigenvalue weighted by atomic mass is 35.5. The summed E-state index contributed by atoms with van der Waals surface area (Å²) >= 11 is 6.12. The van der Waals surface area contributed by atoms with Crippen molar-refractivity contribution in [1.82, 2.24) is 10.6 Å². The van der Waals surface area contributed by atoms with Gasteiger partial charge in [0.25, 0.3) is 5.91 Å². The third kappa shape index (κ3) is 5.89. The molecule has 4 nitrogen and oxygen atoms in total. The first kappa shape index (κ1) is 22.4. The molecule has 0 aliphatic heterocycles. The maximum Gasteiger partial charge on any atom is 0.253 e. The Morgan fingerprint density at radius 3 is 2.23 bits per heavy atom. The van der Waals surface area contributed by atoms with Crippen molar-refractivity contribution in [2.75, 3.05) is 0 Å². The van der Waals surface area contributed by atoms with Crippen LogP contribution < -0.4 is 10.6 Å². The topological polar surface area (TPSA) is 58.2 Å². The second kappa shape index (κ2) is 10.2. The molecule has 2 N–H and O–H groups in total. The number of halogens is 3. The van der Waals surface area contributed by atoms with Crippen molar-refractivity contribution in [3.8, 4) is 0 Å². The van der Waals surface area contributed by atoms with Crippen LogP contribution in [0.4, 0.5) is 8.78 Å². The summed E-state index contributed by atoms with van der Waals surface area (Å²) < 4.78 is 26.7.